The van der Waals surface area contributed by atoms with Gasteiger partial charge in [0.25, 0.3) is 0 Å². The van der Waals surface area contributed by atoms with Crippen molar-refractivity contribution in [2.24, 2.45) is 0 Å². The molecule has 1 amide bonds. The maximum atomic E-state index is 13.2. The summed E-state index contributed by atoms with van der Waals surface area (Å²) in [7, 11) is 0. The number of aryl methyl sites for hydroxylation is 1. The molecule has 2 aromatic carbocycles. The number of piperazine rings is 1. The van der Waals surface area contributed by atoms with Crippen LogP contribution < -0.4 is 4.90 Å². The van der Waals surface area contributed by atoms with E-state index in [0.29, 0.717) is 43.8 Å². The van der Waals surface area contributed by atoms with E-state index in [2.05, 4.69) is 20.9 Å². The summed E-state index contributed by atoms with van der Waals surface area (Å²) in [5.74, 6) is 2.05. The molecular formula is C25H25N7O. The Hall–Kier alpha value is -4.07. The number of hydrogen-bond acceptors (Lipinski definition) is 6. The first-order valence-electron chi connectivity index (χ1n) is 11.0. The van der Waals surface area contributed by atoms with Gasteiger partial charge in [0, 0.05) is 49.7 Å². The third-order valence-electron chi connectivity index (χ3n) is 5.73. The smallest absolute Gasteiger partial charge is 0.244 e. The molecule has 1 fully saturated rings. The van der Waals surface area contributed by atoms with Crippen molar-refractivity contribution < 1.29 is 4.79 Å². The highest BCUT2D eigenvalue weighted by atomic mass is 16.2. The Bertz CT molecular complexity index is 1230. The third-order valence-corrected chi connectivity index (χ3v) is 5.73. The predicted molar refractivity (Wildman–Crippen MR) is 126 cm³/mol. The molecule has 0 spiro atoms. The van der Waals surface area contributed by atoms with Gasteiger partial charge >= 0.3 is 0 Å². The van der Waals surface area contributed by atoms with Crippen LogP contribution in [0, 0.1) is 6.92 Å². The first kappa shape index (κ1) is 20.8. The number of nitrogens with zero attached hydrogens (tertiary/aromatic N) is 7. The molecule has 0 N–H and O–H groups in total. The second kappa shape index (κ2) is 9.20. The lowest BCUT2D eigenvalue weighted by atomic mass is 10.1. The number of amides is 1. The van der Waals surface area contributed by atoms with Gasteiger partial charge in [-0.2, -0.15) is 0 Å². The van der Waals surface area contributed by atoms with Crippen molar-refractivity contribution >= 4 is 11.9 Å². The Balaban J connectivity index is 1.36. The molecule has 0 bridgehead atoms. The van der Waals surface area contributed by atoms with Gasteiger partial charge in [0.15, 0.2) is 11.6 Å². The molecule has 0 saturated carbocycles. The number of anilines is 1. The fourth-order valence-corrected chi connectivity index (χ4v) is 4.00. The number of carbonyl (C=O) groups is 1. The highest BCUT2D eigenvalue weighted by molar-refractivity contribution is 5.77. The molecule has 3 heterocycles. The molecular weight excluding hydrogens is 414 g/mol. The molecule has 8 heteroatoms. The minimum Gasteiger partial charge on any atom is -0.338 e. The van der Waals surface area contributed by atoms with E-state index < -0.39 is 0 Å². The monoisotopic (exact) mass is 439 g/mol. The summed E-state index contributed by atoms with van der Waals surface area (Å²) in [5, 5.41) is 4.71. The van der Waals surface area contributed by atoms with Crippen LogP contribution in [0.3, 0.4) is 0 Å². The topological polar surface area (TPSA) is 80.0 Å². The van der Waals surface area contributed by atoms with Crippen LogP contribution in [0.1, 0.15) is 5.56 Å². The largest absolute Gasteiger partial charge is 0.338 e. The highest BCUT2D eigenvalue weighted by Gasteiger charge is 2.24. The van der Waals surface area contributed by atoms with Crippen LogP contribution in [0.4, 0.5) is 5.95 Å². The van der Waals surface area contributed by atoms with E-state index in [1.807, 2.05) is 60.4 Å². The summed E-state index contributed by atoms with van der Waals surface area (Å²) in [6, 6.07) is 19.8. The van der Waals surface area contributed by atoms with E-state index in [4.69, 9.17) is 10.1 Å². The first-order valence-corrected chi connectivity index (χ1v) is 11.0. The summed E-state index contributed by atoms with van der Waals surface area (Å²) >= 11 is 0. The van der Waals surface area contributed by atoms with E-state index in [9.17, 15) is 4.79 Å². The Morgan fingerprint density at radius 3 is 2.33 bits per heavy atom. The van der Waals surface area contributed by atoms with E-state index in [0.717, 1.165) is 16.7 Å². The number of carbonyl (C=O) groups excluding carboxylic acids is 1. The SMILES string of the molecule is Cc1cccc(-c2nc(-c3ccccc3)nn2CC(=O)N2CCN(c3ncccn3)CC2)c1. The molecule has 1 aliphatic rings. The summed E-state index contributed by atoms with van der Waals surface area (Å²) in [5.41, 5.74) is 3.01. The molecule has 0 aliphatic carbocycles. The zero-order valence-electron chi connectivity index (χ0n) is 18.5. The second-order valence-corrected chi connectivity index (χ2v) is 8.07. The molecule has 2 aromatic heterocycles. The van der Waals surface area contributed by atoms with Gasteiger partial charge in [0.1, 0.15) is 6.54 Å². The number of rotatable bonds is 5. The summed E-state index contributed by atoms with van der Waals surface area (Å²) in [6.07, 6.45) is 3.48. The average molecular weight is 440 g/mol. The van der Waals surface area contributed by atoms with E-state index in [1.54, 1.807) is 23.1 Å². The van der Waals surface area contributed by atoms with Crippen molar-refractivity contribution in [1.82, 2.24) is 29.6 Å². The van der Waals surface area contributed by atoms with Crippen LogP contribution in [0.15, 0.2) is 73.1 Å². The van der Waals surface area contributed by atoms with Crippen LogP contribution >= 0.6 is 0 Å². The van der Waals surface area contributed by atoms with Crippen molar-refractivity contribution in [2.75, 3.05) is 31.1 Å². The van der Waals surface area contributed by atoms with Gasteiger partial charge in [-0.15, -0.1) is 5.10 Å². The van der Waals surface area contributed by atoms with Crippen LogP contribution in [0.25, 0.3) is 22.8 Å². The van der Waals surface area contributed by atoms with Crippen molar-refractivity contribution in [3.8, 4) is 22.8 Å². The fraction of sp³-hybridized carbons (Fsp3) is 0.240. The molecule has 33 heavy (non-hydrogen) atoms. The zero-order chi connectivity index (χ0) is 22.6. The fourth-order valence-electron chi connectivity index (χ4n) is 4.00. The molecule has 0 radical (unpaired) electrons. The molecule has 5 rings (SSSR count). The predicted octanol–water partition coefficient (Wildman–Crippen LogP) is 3.06. The van der Waals surface area contributed by atoms with Crippen molar-refractivity contribution in [3.05, 3.63) is 78.6 Å². The second-order valence-electron chi connectivity index (χ2n) is 8.07. The zero-order valence-corrected chi connectivity index (χ0v) is 18.5. The van der Waals surface area contributed by atoms with Crippen molar-refractivity contribution in [1.29, 1.82) is 0 Å². The van der Waals surface area contributed by atoms with Crippen LogP contribution in [-0.4, -0.2) is 61.7 Å². The first-order chi connectivity index (χ1) is 16.2. The van der Waals surface area contributed by atoms with E-state index in [-0.39, 0.29) is 12.5 Å². The summed E-state index contributed by atoms with van der Waals surface area (Å²) in [6.45, 7) is 4.84. The Morgan fingerprint density at radius 1 is 0.879 bits per heavy atom. The third kappa shape index (κ3) is 4.59. The van der Waals surface area contributed by atoms with Crippen molar-refractivity contribution in [2.45, 2.75) is 13.5 Å². The van der Waals surface area contributed by atoms with Gasteiger partial charge in [-0.25, -0.2) is 19.6 Å². The number of benzene rings is 2. The summed E-state index contributed by atoms with van der Waals surface area (Å²) < 4.78 is 1.73. The van der Waals surface area contributed by atoms with Crippen LogP contribution in [0.5, 0.6) is 0 Å². The molecule has 1 aliphatic heterocycles. The molecule has 0 unspecified atom stereocenters. The lowest BCUT2D eigenvalue weighted by Crippen LogP contribution is -2.50. The Morgan fingerprint density at radius 2 is 1.61 bits per heavy atom. The normalized spacial score (nSPS) is 13.8. The maximum Gasteiger partial charge on any atom is 0.244 e. The molecule has 8 nitrogen and oxygen atoms in total. The molecule has 0 atom stereocenters. The molecule has 4 aromatic rings. The van der Waals surface area contributed by atoms with Crippen LogP contribution in [0.2, 0.25) is 0 Å². The van der Waals surface area contributed by atoms with Gasteiger partial charge in [0.2, 0.25) is 11.9 Å². The quantitative estimate of drug-likeness (QED) is 0.476. The van der Waals surface area contributed by atoms with Gasteiger partial charge in [0.05, 0.1) is 0 Å². The van der Waals surface area contributed by atoms with Crippen LogP contribution in [-0.2, 0) is 11.3 Å². The van der Waals surface area contributed by atoms with Gasteiger partial charge < -0.3 is 9.80 Å². The average Bonchev–Trinajstić information content (AvgIpc) is 3.29. The van der Waals surface area contributed by atoms with E-state index >= 15 is 0 Å². The van der Waals surface area contributed by atoms with Crippen molar-refractivity contribution in [3.63, 3.8) is 0 Å². The molecule has 166 valence electrons. The Kier molecular flexibility index (Phi) is 5.80. The minimum atomic E-state index is 0.0297. The van der Waals surface area contributed by atoms with Gasteiger partial charge in [-0.1, -0.05) is 54.1 Å². The standard InChI is InChI=1S/C25H25N7O/c1-19-7-5-10-21(17-19)24-28-23(20-8-3-2-4-9-20)29-32(24)18-22(33)30-13-15-31(16-14-30)25-26-11-6-12-27-25/h2-12,17H,13-16,18H2,1H3. The highest BCUT2D eigenvalue weighted by Crippen LogP contribution is 2.23. The lowest BCUT2D eigenvalue weighted by Gasteiger charge is -2.34. The molecule has 1 saturated heterocycles. The minimum absolute atomic E-state index is 0.0297. The van der Waals surface area contributed by atoms with Gasteiger partial charge in [-0.05, 0) is 19.1 Å². The van der Waals surface area contributed by atoms with E-state index in [1.165, 1.54) is 0 Å². The Labute approximate surface area is 192 Å². The number of hydrogen-bond donors (Lipinski definition) is 0. The lowest BCUT2D eigenvalue weighted by molar-refractivity contribution is -0.132. The summed E-state index contributed by atoms with van der Waals surface area (Å²) in [4.78, 5) is 30.6. The number of aromatic nitrogens is 5. The maximum absolute atomic E-state index is 13.2. The van der Waals surface area contributed by atoms with Gasteiger partial charge in [-0.3, -0.25) is 4.79 Å².